The second-order valence-corrected chi connectivity index (χ2v) is 6.48. The minimum atomic E-state index is -0.450. The van der Waals surface area contributed by atoms with Gasteiger partial charge in [0.1, 0.15) is 0 Å². The number of hydrogen-bond acceptors (Lipinski definition) is 2. The molecule has 0 unspecified atom stereocenters. The van der Waals surface area contributed by atoms with Crippen LogP contribution in [0.15, 0.2) is 54.6 Å². The van der Waals surface area contributed by atoms with E-state index in [1.54, 1.807) is 12.1 Å². The first-order chi connectivity index (χ1) is 12.5. The molecule has 4 nitrogen and oxygen atoms in total. The van der Waals surface area contributed by atoms with Gasteiger partial charge in [0, 0.05) is 23.0 Å². The van der Waals surface area contributed by atoms with E-state index < -0.39 is 5.91 Å². The Kier molecular flexibility index (Phi) is 5.11. The summed E-state index contributed by atoms with van der Waals surface area (Å²) in [7, 11) is 0. The molecule has 0 atom stereocenters. The molecule has 1 amide bonds. The van der Waals surface area contributed by atoms with Crippen LogP contribution in [-0.2, 0) is 13.0 Å². The van der Waals surface area contributed by atoms with Crippen LogP contribution in [0.25, 0.3) is 11.3 Å². The Labute approximate surface area is 157 Å². The van der Waals surface area contributed by atoms with E-state index in [1.807, 2.05) is 49.4 Å². The first kappa shape index (κ1) is 17.8. The first-order valence-electron chi connectivity index (χ1n) is 8.25. The van der Waals surface area contributed by atoms with Gasteiger partial charge in [0.15, 0.2) is 0 Å². The van der Waals surface area contributed by atoms with Crippen LogP contribution in [0.1, 0.15) is 27.2 Å². The Morgan fingerprint density at radius 2 is 1.88 bits per heavy atom. The molecule has 3 aromatic rings. The standard InChI is InChI=1S/C21H18ClN3O/c1-14-18(21(24)26)12-20(17-8-6-15(13-23)7-9-17)25(14)11-10-16-4-2-3-5-19(16)22/h2-9,12H,10-11H2,1H3,(H2,24,26). The van der Waals surface area contributed by atoms with Crippen molar-refractivity contribution in [2.75, 3.05) is 0 Å². The zero-order chi connectivity index (χ0) is 18.7. The number of aryl methyl sites for hydroxylation is 1. The van der Waals surface area contributed by atoms with Gasteiger partial charge in [-0.3, -0.25) is 4.79 Å². The zero-order valence-corrected chi connectivity index (χ0v) is 15.1. The number of primary amides is 1. The maximum absolute atomic E-state index is 11.8. The van der Waals surface area contributed by atoms with Crippen LogP contribution in [0, 0.1) is 18.3 Å². The van der Waals surface area contributed by atoms with Crippen LogP contribution >= 0.6 is 11.6 Å². The molecule has 3 rings (SSSR count). The Morgan fingerprint density at radius 3 is 2.50 bits per heavy atom. The van der Waals surface area contributed by atoms with Crippen LogP contribution in [-0.4, -0.2) is 10.5 Å². The average molecular weight is 364 g/mol. The largest absolute Gasteiger partial charge is 0.366 e. The highest BCUT2D eigenvalue weighted by Crippen LogP contribution is 2.27. The fourth-order valence-corrected chi connectivity index (χ4v) is 3.30. The third-order valence-corrected chi connectivity index (χ3v) is 4.87. The fraction of sp³-hybridized carbons (Fsp3) is 0.143. The lowest BCUT2D eigenvalue weighted by Gasteiger charge is -2.13. The molecule has 130 valence electrons. The van der Waals surface area contributed by atoms with E-state index >= 15 is 0 Å². The maximum atomic E-state index is 11.8. The number of rotatable bonds is 5. The molecule has 0 radical (unpaired) electrons. The number of carbonyl (C=O) groups is 1. The van der Waals surface area contributed by atoms with E-state index in [0.29, 0.717) is 17.7 Å². The van der Waals surface area contributed by atoms with E-state index in [2.05, 4.69) is 10.6 Å². The number of nitriles is 1. The summed E-state index contributed by atoms with van der Waals surface area (Å²) in [5, 5.41) is 9.71. The third-order valence-electron chi connectivity index (χ3n) is 4.50. The number of nitrogens with two attached hydrogens (primary N) is 1. The fourth-order valence-electron chi connectivity index (χ4n) is 3.07. The Morgan fingerprint density at radius 1 is 1.19 bits per heavy atom. The van der Waals surface area contributed by atoms with E-state index in [-0.39, 0.29) is 0 Å². The second kappa shape index (κ2) is 7.47. The monoisotopic (exact) mass is 363 g/mol. The molecular formula is C21H18ClN3O. The SMILES string of the molecule is Cc1c(C(N)=O)cc(-c2ccc(C#N)cc2)n1CCc1ccccc1Cl. The first-order valence-corrected chi connectivity index (χ1v) is 8.63. The van der Waals surface area contributed by atoms with Crippen LogP contribution in [0.3, 0.4) is 0 Å². The highest BCUT2D eigenvalue weighted by atomic mass is 35.5. The van der Waals surface area contributed by atoms with Crippen molar-refractivity contribution < 1.29 is 4.79 Å². The smallest absolute Gasteiger partial charge is 0.250 e. The molecule has 1 aromatic heterocycles. The summed E-state index contributed by atoms with van der Waals surface area (Å²) >= 11 is 6.26. The predicted octanol–water partition coefficient (Wildman–Crippen LogP) is 4.33. The molecular weight excluding hydrogens is 346 g/mol. The van der Waals surface area contributed by atoms with Crippen molar-refractivity contribution in [2.24, 2.45) is 5.73 Å². The summed E-state index contributed by atoms with van der Waals surface area (Å²) in [6, 6.07) is 18.9. The van der Waals surface area contributed by atoms with Crippen LogP contribution in [0.5, 0.6) is 0 Å². The molecule has 0 aliphatic rings. The van der Waals surface area contributed by atoms with E-state index in [4.69, 9.17) is 22.6 Å². The molecule has 0 aliphatic heterocycles. The van der Waals surface area contributed by atoms with Gasteiger partial charge in [-0.15, -0.1) is 0 Å². The predicted molar refractivity (Wildman–Crippen MR) is 103 cm³/mol. The van der Waals surface area contributed by atoms with Gasteiger partial charge in [0.2, 0.25) is 0 Å². The molecule has 5 heteroatoms. The molecule has 0 spiro atoms. The highest BCUT2D eigenvalue weighted by Gasteiger charge is 2.17. The van der Waals surface area contributed by atoms with Crippen LogP contribution < -0.4 is 5.73 Å². The molecule has 0 saturated carbocycles. The van der Waals surface area contributed by atoms with Gasteiger partial charge in [-0.1, -0.05) is 41.9 Å². The maximum Gasteiger partial charge on any atom is 0.250 e. The molecule has 2 N–H and O–H groups in total. The van der Waals surface area contributed by atoms with E-state index in [9.17, 15) is 4.79 Å². The van der Waals surface area contributed by atoms with Crippen molar-refractivity contribution in [3.05, 3.63) is 82.0 Å². The third kappa shape index (κ3) is 3.49. The average Bonchev–Trinajstić information content (AvgIpc) is 2.98. The lowest BCUT2D eigenvalue weighted by Crippen LogP contribution is -2.13. The summed E-state index contributed by atoms with van der Waals surface area (Å²) in [4.78, 5) is 11.8. The van der Waals surface area contributed by atoms with Crippen LogP contribution in [0.4, 0.5) is 0 Å². The lowest BCUT2D eigenvalue weighted by molar-refractivity contribution is 0.0999. The summed E-state index contributed by atoms with van der Waals surface area (Å²) in [5.74, 6) is -0.450. The molecule has 0 fully saturated rings. The van der Waals surface area contributed by atoms with Gasteiger partial charge in [0.05, 0.1) is 17.2 Å². The molecule has 0 bridgehead atoms. The summed E-state index contributed by atoms with van der Waals surface area (Å²) in [6.45, 7) is 2.55. The topological polar surface area (TPSA) is 71.8 Å². The van der Waals surface area contributed by atoms with Crippen molar-refractivity contribution in [3.63, 3.8) is 0 Å². The minimum absolute atomic E-state index is 0.450. The Balaban J connectivity index is 2.00. The van der Waals surface area contributed by atoms with Gasteiger partial charge in [-0.05, 0) is 48.7 Å². The number of amides is 1. The van der Waals surface area contributed by atoms with E-state index in [1.165, 1.54) is 0 Å². The van der Waals surface area contributed by atoms with Crippen molar-refractivity contribution >= 4 is 17.5 Å². The van der Waals surface area contributed by atoms with Gasteiger partial charge in [-0.2, -0.15) is 5.26 Å². The summed E-state index contributed by atoms with van der Waals surface area (Å²) in [5.41, 5.74) is 10.3. The summed E-state index contributed by atoms with van der Waals surface area (Å²) < 4.78 is 2.07. The molecule has 0 saturated heterocycles. The van der Waals surface area contributed by atoms with Crippen LogP contribution in [0.2, 0.25) is 5.02 Å². The number of carbonyl (C=O) groups excluding carboxylic acids is 1. The number of nitrogens with zero attached hydrogens (tertiary/aromatic N) is 2. The van der Waals surface area contributed by atoms with Crippen molar-refractivity contribution in [3.8, 4) is 17.3 Å². The van der Waals surface area contributed by atoms with Gasteiger partial charge in [0.25, 0.3) is 5.91 Å². The number of aromatic nitrogens is 1. The molecule has 26 heavy (non-hydrogen) atoms. The molecule has 2 aromatic carbocycles. The number of benzene rings is 2. The van der Waals surface area contributed by atoms with Crippen molar-refractivity contribution in [1.82, 2.24) is 4.57 Å². The minimum Gasteiger partial charge on any atom is -0.366 e. The number of halogens is 1. The second-order valence-electron chi connectivity index (χ2n) is 6.08. The quantitative estimate of drug-likeness (QED) is 0.732. The normalized spacial score (nSPS) is 10.5. The lowest BCUT2D eigenvalue weighted by atomic mass is 10.1. The van der Waals surface area contributed by atoms with E-state index in [0.717, 1.165) is 34.0 Å². The van der Waals surface area contributed by atoms with Gasteiger partial charge < -0.3 is 10.3 Å². The molecule has 1 heterocycles. The summed E-state index contributed by atoms with van der Waals surface area (Å²) in [6.07, 6.45) is 0.733. The highest BCUT2D eigenvalue weighted by molar-refractivity contribution is 6.31. The van der Waals surface area contributed by atoms with Crippen molar-refractivity contribution in [2.45, 2.75) is 19.9 Å². The Hall–Kier alpha value is -3.03. The molecule has 0 aliphatic carbocycles. The van der Waals surface area contributed by atoms with Gasteiger partial charge >= 0.3 is 0 Å². The number of hydrogen-bond donors (Lipinski definition) is 1. The van der Waals surface area contributed by atoms with Gasteiger partial charge in [-0.25, -0.2) is 0 Å². The van der Waals surface area contributed by atoms with Crippen molar-refractivity contribution in [1.29, 1.82) is 5.26 Å². The Bertz CT molecular complexity index is 997. The zero-order valence-electron chi connectivity index (χ0n) is 14.4.